The third-order valence-electron chi connectivity index (χ3n) is 2.96. The van der Waals surface area contributed by atoms with E-state index in [4.69, 9.17) is 16.3 Å². The third kappa shape index (κ3) is 3.38. The van der Waals surface area contributed by atoms with E-state index in [1.165, 1.54) is 19.4 Å². The summed E-state index contributed by atoms with van der Waals surface area (Å²) in [5.74, 6) is 0.412. The number of halogens is 1. The van der Waals surface area contributed by atoms with Crippen LogP contribution < -0.4 is 10.1 Å². The molecule has 1 N–H and O–H groups in total. The SMILES string of the molecule is COc1ncc(Cl)c(NCc2cccc([N+](=O)[O-])c2C)n1. The molecule has 0 aliphatic carbocycles. The number of ether oxygens (including phenoxy) is 1. The van der Waals surface area contributed by atoms with Gasteiger partial charge in [-0.3, -0.25) is 10.1 Å². The van der Waals surface area contributed by atoms with E-state index in [1.54, 1.807) is 13.0 Å². The van der Waals surface area contributed by atoms with Crippen LogP contribution in [0.2, 0.25) is 5.02 Å². The number of benzene rings is 1. The highest BCUT2D eigenvalue weighted by molar-refractivity contribution is 6.32. The predicted octanol–water partition coefficient (Wildman–Crippen LogP) is 2.97. The van der Waals surface area contributed by atoms with Crippen LogP contribution >= 0.6 is 11.6 Å². The van der Waals surface area contributed by atoms with Gasteiger partial charge < -0.3 is 10.1 Å². The van der Waals surface area contributed by atoms with Crippen LogP contribution in [0.1, 0.15) is 11.1 Å². The van der Waals surface area contributed by atoms with Crippen LogP contribution in [0.15, 0.2) is 24.4 Å². The molecular formula is C13H13ClN4O3. The fourth-order valence-electron chi connectivity index (χ4n) is 1.81. The number of nitrogens with one attached hydrogen (secondary N) is 1. The van der Waals surface area contributed by atoms with E-state index in [-0.39, 0.29) is 11.7 Å². The van der Waals surface area contributed by atoms with Crippen molar-refractivity contribution >= 4 is 23.1 Å². The Bertz CT molecular complexity index is 678. The van der Waals surface area contributed by atoms with Gasteiger partial charge in [0.2, 0.25) is 0 Å². The van der Waals surface area contributed by atoms with Gasteiger partial charge in [0.05, 0.1) is 18.2 Å². The van der Waals surface area contributed by atoms with Crippen LogP contribution in [0.25, 0.3) is 0 Å². The first-order valence-corrected chi connectivity index (χ1v) is 6.44. The van der Waals surface area contributed by atoms with Gasteiger partial charge in [-0.05, 0) is 12.5 Å². The number of aromatic nitrogens is 2. The molecule has 1 heterocycles. The Morgan fingerprint density at radius 2 is 2.24 bits per heavy atom. The Kier molecular flexibility index (Phi) is 4.54. The number of nitrogens with zero attached hydrogens (tertiary/aromatic N) is 3. The monoisotopic (exact) mass is 308 g/mol. The average Bonchev–Trinajstić information content (AvgIpc) is 2.47. The van der Waals surface area contributed by atoms with E-state index in [0.29, 0.717) is 22.9 Å². The van der Waals surface area contributed by atoms with Crippen molar-refractivity contribution in [2.45, 2.75) is 13.5 Å². The van der Waals surface area contributed by atoms with Crippen molar-refractivity contribution < 1.29 is 9.66 Å². The highest BCUT2D eigenvalue weighted by atomic mass is 35.5. The standard InChI is InChI=1S/C13H13ClN4O3/c1-8-9(4-3-5-11(8)18(19)20)6-15-12-10(14)7-16-13(17-12)21-2/h3-5,7H,6H2,1-2H3,(H,15,16,17). The molecule has 0 unspecified atom stereocenters. The second-order valence-corrected chi connectivity index (χ2v) is 4.63. The number of rotatable bonds is 5. The molecular weight excluding hydrogens is 296 g/mol. The zero-order valence-corrected chi connectivity index (χ0v) is 12.2. The Morgan fingerprint density at radius 3 is 2.90 bits per heavy atom. The molecule has 0 fully saturated rings. The Balaban J connectivity index is 2.21. The molecule has 0 amide bonds. The second kappa shape index (κ2) is 6.36. The zero-order chi connectivity index (χ0) is 15.4. The minimum Gasteiger partial charge on any atom is -0.467 e. The molecule has 21 heavy (non-hydrogen) atoms. The minimum atomic E-state index is -0.403. The summed E-state index contributed by atoms with van der Waals surface area (Å²) < 4.78 is 4.93. The number of hydrogen-bond donors (Lipinski definition) is 1. The zero-order valence-electron chi connectivity index (χ0n) is 11.5. The van der Waals surface area contributed by atoms with Crippen molar-refractivity contribution in [3.05, 3.63) is 50.7 Å². The number of anilines is 1. The summed E-state index contributed by atoms with van der Waals surface area (Å²) in [6, 6.07) is 5.11. The molecule has 0 bridgehead atoms. The van der Waals surface area contributed by atoms with E-state index in [1.807, 2.05) is 6.07 Å². The topological polar surface area (TPSA) is 90.2 Å². The quantitative estimate of drug-likeness (QED) is 0.674. The molecule has 0 saturated carbocycles. The Labute approximate surface area is 126 Å². The summed E-state index contributed by atoms with van der Waals surface area (Å²) in [4.78, 5) is 18.5. The lowest BCUT2D eigenvalue weighted by Gasteiger charge is -2.10. The van der Waals surface area contributed by atoms with Gasteiger partial charge in [0.1, 0.15) is 5.02 Å². The van der Waals surface area contributed by atoms with Gasteiger partial charge >= 0.3 is 6.01 Å². The van der Waals surface area contributed by atoms with Gasteiger partial charge in [-0.2, -0.15) is 4.98 Å². The van der Waals surface area contributed by atoms with E-state index in [2.05, 4.69) is 15.3 Å². The molecule has 0 atom stereocenters. The van der Waals surface area contributed by atoms with Crippen molar-refractivity contribution in [1.82, 2.24) is 9.97 Å². The summed E-state index contributed by atoms with van der Waals surface area (Å²) in [7, 11) is 1.46. The maximum Gasteiger partial charge on any atom is 0.318 e. The van der Waals surface area contributed by atoms with E-state index in [0.717, 1.165) is 5.56 Å². The van der Waals surface area contributed by atoms with E-state index >= 15 is 0 Å². The van der Waals surface area contributed by atoms with Gasteiger partial charge in [-0.15, -0.1) is 0 Å². The highest BCUT2D eigenvalue weighted by Crippen LogP contribution is 2.24. The van der Waals surface area contributed by atoms with E-state index in [9.17, 15) is 10.1 Å². The molecule has 0 aliphatic rings. The molecule has 2 rings (SSSR count). The van der Waals surface area contributed by atoms with Gasteiger partial charge in [0.15, 0.2) is 5.82 Å². The molecule has 0 spiro atoms. The summed E-state index contributed by atoms with van der Waals surface area (Å²) >= 11 is 5.99. The van der Waals surface area contributed by atoms with Gasteiger partial charge in [0, 0.05) is 18.2 Å². The third-order valence-corrected chi connectivity index (χ3v) is 3.24. The first-order valence-electron chi connectivity index (χ1n) is 6.06. The molecule has 110 valence electrons. The lowest BCUT2D eigenvalue weighted by Crippen LogP contribution is -2.06. The lowest BCUT2D eigenvalue weighted by molar-refractivity contribution is -0.385. The lowest BCUT2D eigenvalue weighted by atomic mass is 10.1. The van der Waals surface area contributed by atoms with Crippen LogP contribution in [0, 0.1) is 17.0 Å². The molecule has 8 heteroatoms. The second-order valence-electron chi connectivity index (χ2n) is 4.23. The normalized spacial score (nSPS) is 10.2. The van der Waals surface area contributed by atoms with Gasteiger partial charge in [-0.25, -0.2) is 4.98 Å². The van der Waals surface area contributed by atoms with Crippen LogP contribution in [0.5, 0.6) is 6.01 Å². The average molecular weight is 309 g/mol. The summed E-state index contributed by atoms with van der Waals surface area (Å²) in [5.41, 5.74) is 1.48. The smallest absolute Gasteiger partial charge is 0.318 e. The summed E-state index contributed by atoms with van der Waals surface area (Å²) in [6.07, 6.45) is 1.43. The number of nitro benzene ring substituents is 1. The predicted molar refractivity (Wildman–Crippen MR) is 78.8 cm³/mol. The Morgan fingerprint density at radius 1 is 1.48 bits per heavy atom. The summed E-state index contributed by atoms with van der Waals surface area (Å²) in [6.45, 7) is 2.06. The molecule has 0 saturated heterocycles. The van der Waals surface area contributed by atoms with Crippen LogP contribution in [0.4, 0.5) is 11.5 Å². The maximum atomic E-state index is 10.9. The maximum absolute atomic E-state index is 10.9. The fraction of sp³-hybridized carbons (Fsp3) is 0.231. The molecule has 0 aliphatic heterocycles. The fourth-order valence-corrected chi connectivity index (χ4v) is 1.97. The van der Waals surface area contributed by atoms with Crippen molar-refractivity contribution in [2.75, 3.05) is 12.4 Å². The summed E-state index contributed by atoms with van der Waals surface area (Å²) in [5, 5.41) is 14.3. The van der Waals surface area contributed by atoms with Crippen molar-refractivity contribution in [1.29, 1.82) is 0 Å². The first kappa shape index (κ1) is 15.0. The van der Waals surface area contributed by atoms with Gasteiger partial charge in [-0.1, -0.05) is 23.7 Å². The van der Waals surface area contributed by atoms with Crippen molar-refractivity contribution in [3.8, 4) is 6.01 Å². The minimum absolute atomic E-state index is 0.0839. The molecule has 7 nitrogen and oxygen atoms in total. The van der Waals surface area contributed by atoms with Crippen molar-refractivity contribution in [3.63, 3.8) is 0 Å². The Hall–Kier alpha value is -2.41. The molecule has 0 radical (unpaired) electrons. The highest BCUT2D eigenvalue weighted by Gasteiger charge is 2.13. The first-order chi connectivity index (χ1) is 10.0. The molecule has 2 aromatic rings. The number of nitro groups is 1. The van der Waals surface area contributed by atoms with Crippen molar-refractivity contribution in [2.24, 2.45) is 0 Å². The molecule has 1 aromatic carbocycles. The van der Waals surface area contributed by atoms with E-state index < -0.39 is 4.92 Å². The van der Waals surface area contributed by atoms with Crippen LogP contribution in [0.3, 0.4) is 0 Å². The van der Waals surface area contributed by atoms with Gasteiger partial charge in [0.25, 0.3) is 5.69 Å². The largest absolute Gasteiger partial charge is 0.467 e. The molecule has 1 aromatic heterocycles. The number of hydrogen-bond acceptors (Lipinski definition) is 6. The number of methoxy groups -OCH3 is 1. The van der Waals surface area contributed by atoms with Crippen LogP contribution in [-0.4, -0.2) is 22.0 Å². The van der Waals surface area contributed by atoms with Crippen LogP contribution in [-0.2, 0) is 6.54 Å².